The Morgan fingerprint density at radius 3 is 2.33 bits per heavy atom. The first kappa shape index (κ1) is 32.1. The summed E-state index contributed by atoms with van der Waals surface area (Å²) in [6, 6.07) is 0.0119. The number of rotatable bonds is 8. The number of alkyl carbamates (subject to hydrolysis) is 1. The normalized spacial score (nSPS) is 19.2. The number of nitrogens with one attached hydrogen (secondary N) is 2. The summed E-state index contributed by atoms with van der Waals surface area (Å²) in [4.78, 5) is 52.4. The minimum absolute atomic E-state index is 0.00556. The molecule has 1 aliphatic heterocycles. The summed E-state index contributed by atoms with van der Waals surface area (Å²) in [6.07, 6.45) is 2.76. The Balaban J connectivity index is 1.62. The van der Waals surface area contributed by atoms with E-state index in [9.17, 15) is 24.3 Å². The van der Waals surface area contributed by atoms with Crippen molar-refractivity contribution in [3.05, 3.63) is 33.9 Å². The number of piperidine rings is 1. The fourth-order valence-electron chi connectivity index (χ4n) is 5.77. The first-order valence-corrected chi connectivity index (χ1v) is 14.7. The molecule has 1 aromatic heterocycles. The molecule has 0 spiro atoms. The maximum Gasteiger partial charge on any atom is 0.408 e. The molecule has 43 heavy (non-hydrogen) atoms. The van der Waals surface area contributed by atoms with Crippen LogP contribution in [0.15, 0.2) is 17.1 Å². The van der Waals surface area contributed by atoms with Gasteiger partial charge in [-0.1, -0.05) is 27.7 Å². The number of carbonyl (C=O) groups excluding carboxylic acids is 2. The monoisotopic (exact) mass is 602 g/mol. The largest absolute Gasteiger partial charge is 0.492 e. The Bertz CT molecular complexity index is 1490. The number of methoxy groups -OCH3 is 1. The van der Waals surface area contributed by atoms with Crippen LogP contribution >= 0.6 is 0 Å². The number of ether oxygens (including phenoxy) is 2. The molecule has 2 aliphatic rings. The van der Waals surface area contributed by atoms with Crippen molar-refractivity contribution in [2.24, 2.45) is 11.3 Å². The van der Waals surface area contributed by atoms with Gasteiger partial charge in [-0.15, -0.1) is 0 Å². The van der Waals surface area contributed by atoms with Gasteiger partial charge in [-0.2, -0.15) is 0 Å². The van der Waals surface area contributed by atoms with E-state index in [4.69, 9.17) is 9.47 Å². The Hall–Kier alpha value is -3.83. The Morgan fingerprint density at radius 2 is 1.81 bits per heavy atom. The third-order valence-electron chi connectivity index (χ3n) is 8.06. The fraction of sp³-hybridized carbons (Fsp3) is 0.613. The van der Waals surface area contributed by atoms with Gasteiger partial charge in [0.15, 0.2) is 11.6 Å². The van der Waals surface area contributed by atoms with Gasteiger partial charge < -0.3 is 34.7 Å². The van der Waals surface area contributed by atoms with Gasteiger partial charge in [-0.05, 0) is 52.0 Å². The average Bonchev–Trinajstić information content (AvgIpc) is 3.72. The van der Waals surface area contributed by atoms with E-state index in [1.54, 1.807) is 25.3 Å². The number of carboxylic acid groups (broad SMARTS) is 1. The summed E-state index contributed by atoms with van der Waals surface area (Å²) in [6.45, 7) is 13.6. The van der Waals surface area contributed by atoms with Gasteiger partial charge in [0.25, 0.3) is 0 Å². The van der Waals surface area contributed by atoms with E-state index in [1.807, 2.05) is 32.6 Å². The second-order valence-corrected chi connectivity index (χ2v) is 13.6. The first-order valence-electron chi connectivity index (χ1n) is 14.7. The number of nitrogens with zero attached hydrogens (tertiary/aromatic N) is 2. The maximum atomic E-state index is 15.9. The molecule has 2 aromatic rings. The van der Waals surface area contributed by atoms with E-state index in [0.29, 0.717) is 25.0 Å². The van der Waals surface area contributed by atoms with Gasteiger partial charge in [0.1, 0.15) is 22.9 Å². The smallest absolute Gasteiger partial charge is 0.408 e. The predicted octanol–water partition coefficient (Wildman–Crippen LogP) is 4.45. The van der Waals surface area contributed by atoms with Crippen LogP contribution in [0.3, 0.4) is 0 Å². The highest BCUT2D eigenvalue weighted by Gasteiger charge is 2.41. The molecule has 11 nitrogen and oxygen atoms in total. The summed E-state index contributed by atoms with van der Waals surface area (Å²) in [5.74, 6) is -2.40. The van der Waals surface area contributed by atoms with Crippen molar-refractivity contribution in [1.29, 1.82) is 0 Å². The Kier molecular flexibility index (Phi) is 8.72. The zero-order chi connectivity index (χ0) is 32.0. The van der Waals surface area contributed by atoms with Crippen molar-refractivity contribution in [1.82, 2.24) is 15.2 Å². The van der Waals surface area contributed by atoms with Gasteiger partial charge in [-0.3, -0.25) is 9.59 Å². The van der Waals surface area contributed by atoms with Crippen LogP contribution in [0.5, 0.6) is 5.75 Å². The molecule has 4 rings (SSSR count). The van der Waals surface area contributed by atoms with Crippen LogP contribution in [0.2, 0.25) is 0 Å². The Labute approximate surface area is 250 Å². The molecule has 2 atom stereocenters. The Morgan fingerprint density at radius 1 is 1.16 bits per heavy atom. The van der Waals surface area contributed by atoms with Crippen molar-refractivity contribution in [2.45, 2.75) is 91.5 Å². The molecule has 2 fully saturated rings. The number of pyridine rings is 1. The number of fused-ring (bicyclic) bond motifs is 1. The van der Waals surface area contributed by atoms with Crippen LogP contribution in [0.4, 0.5) is 14.9 Å². The molecule has 236 valence electrons. The lowest BCUT2D eigenvalue weighted by molar-refractivity contribution is -0.126. The number of hydrogen-bond donors (Lipinski definition) is 3. The second kappa shape index (κ2) is 11.7. The molecule has 2 amide bonds. The quantitative estimate of drug-likeness (QED) is 0.403. The molecular formula is C31H43FN4O7. The highest BCUT2D eigenvalue weighted by atomic mass is 19.1. The summed E-state index contributed by atoms with van der Waals surface area (Å²) in [7, 11) is 1.41. The minimum Gasteiger partial charge on any atom is -0.492 e. The highest BCUT2D eigenvalue weighted by Crippen LogP contribution is 2.45. The van der Waals surface area contributed by atoms with Crippen LogP contribution in [0, 0.1) is 17.2 Å². The number of carbonyl (C=O) groups is 3. The molecule has 1 saturated carbocycles. The van der Waals surface area contributed by atoms with E-state index in [2.05, 4.69) is 10.6 Å². The SMILES string of the molecule is COc1c(N2CCC(NC(=O)[C@@H](NC(=O)OC(C)(C)C)C(C)C)C(C)(C)C2)c(F)cc2c(=O)c(C(=O)O)cn(C3CC3)c12. The molecule has 3 N–H and O–H groups in total. The zero-order valence-corrected chi connectivity index (χ0v) is 26.2. The van der Waals surface area contributed by atoms with Gasteiger partial charge in [0, 0.05) is 36.8 Å². The number of halogens is 1. The minimum atomic E-state index is -1.36. The molecule has 12 heteroatoms. The number of aromatic carboxylic acids is 1. The van der Waals surface area contributed by atoms with Crippen LogP contribution in [-0.4, -0.2) is 65.5 Å². The molecule has 1 unspecified atom stereocenters. The van der Waals surface area contributed by atoms with Gasteiger partial charge in [0.05, 0.1) is 18.0 Å². The number of anilines is 1. The fourth-order valence-corrected chi connectivity index (χ4v) is 5.77. The molecule has 2 heterocycles. The van der Waals surface area contributed by atoms with Crippen molar-refractivity contribution in [2.75, 3.05) is 25.1 Å². The number of amides is 2. The number of hydrogen-bond acceptors (Lipinski definition) is 7. The summed E-state index contributed by atoms with van der Waals surface area (Å²) < 4.78 is 28.7. The maximum absolute atomic E-state index is 15.9. The third-order valence-corrected chi connectivity index (χ3v) is 8.06. The predicted molar refractivity (Wildman–Crippen MR) is 160 cm³/mol. The summed E-state index contributed by atoms with van der Waals surface area (Å²) >= 11 is 0. The van der Waals surface area contributed by atoms with E-state index < -0.39 is 45.9 Å². The van der Waals surface area contributed by atoms with Crippen molar-refractivity contribution in [3.8, 4) is 5.75 Å². The summed E-state index contributed by atoms with van der Waals surface area (Å²) in [5.41, 5.74) is -1.84. The second-order valence-electron chi connectivity index (χ2n) is 13.6. The van der Waals surface area contributed by atoms with Crippen LogP contribution in [0.25, 0.3) is 10.9 Å². The number of aromatic nitrogens is 1. The lowest BCUT2D eigenvalue weighted by Gasteiger charge is -2.46. The molecule has 1 saturated heterocycles. The number of benzene rings is 1. The van der Waals surface area contributed by atoms with Crippen molar-refractivity contribution in [3.63, 3.8) is 0 Å². The van der Waals surface area contributed by atoms with Crippen LogP contribution < -0.4 is 25.7 Å². The molecule has 0 radical (unpaired) electrons. The van der Waals surface area contributed by atoms with E-state index >= 15 is 4.39 Å². The highest BCUT2D eigenvalue weighted by molar-refractivity contribution is 5.97. The third kappa shape index (κ3) is 6.73. The molecule has 1 aliphatic carbocycles. The van der Waals surface area contributed by atoms with Gasteiger partial charge >= 0.3 is 12.1 Å². The molecular weight excluding hydrogens is 559 g/mol. The number of carboxylic acids is 1. The molecule has 0 bridgehead atoms. The van der Waals surface area contributed by atoms with E-state index in [0.717, 1.165) is 18.9 Å². The average molecular weight is 603 g/mol. The first-order chi connectivity index (χ1) is 19.9. The lowest BCUT2D eigenvalue weighted by atomic mass is 9.78. The van der Waals surface area contributed by atoms with Gasteiger partial charge in [-0.25, -0.2) is 14.0 Å². The van der Waals surface area contributed by atoms with Crippen molar-refractivity contribution < 1.29 is 33.4 Å². The lowest BCUT2D eigenvalue weighted by Crippen LogP contribution is -2.60. The standard InChI is InChI=1S/C31H43FN4O7/c1-16(2)22(34-29(41)43-30(3,4)5)27(38)33-21-11-12-35(15-31(21,6)7)24-20(32)13-18-23(26(24)42-8)36(17-9-10-17)14-19(25(18)37)28(39)40/h13-14,16-17,21-22H,9-12,15H2,1-8H3,(H,33,38)(H,34,41)(H,39,40)/t21?,22-/m0/s1. The van der Waals surface area contributed by atoms with Gasteiger partial charge in [0.2, 0.25) is 11.3 Å². The topological polar surface area (TPSA) is 139 Å². The molecule has 1 aromatic carbocycles. The summed E-state index contributed by atoms with van der Waals surface area (Å²) in [5, 5.41) is 15.3. The van der Waals surface area contributed by atoms with E-state index in [-0.39, 0.29) is 40.7 Å². The van der Waals surface area contributed by atoms with Crippen LogP contribution in [0.1, 0.15) is 84.1 Å². The van der Waals surface area contributed by atoms with Crippen LogP contribution in [-0.2, 0) is 9.53 Å². The van der Waals surface area contributed by atoms with Crippen molar-refractivity contribution >= 4 is 34.6 Å². The zero-order valence-electron chi connectivity index (χ0n) is 26.2. The van der Waals surface area contributed by atoms with E-state index in [1.165, 1.54) is 13.3 Å².